The van der Waals surface area contributed by atoms with Crippen LogP contribution >= 0.6 is 0 Å². The highest BCUT2D eigenvalue weighted by atomic mass is 15.1. The van der Waals surface area contributed by atoms with Crippen molar-refractivity contribution in [2.75, 3.05) is 4.90 Å². The standard InChI is InChI=1S/C66H61N/c1-63(2)56-25-13-10-23-50(56)52-34-30-47(42-58(52)63)67(62-27-15-12-22-49(62)44-20-8-5-9-21-44)48-31-35-55-51-24-11-14-26-57(51)66(61(55)43-48)59-40-45(64(3)36-16-6-17-37-64)28-32-53(59)54-33-29-46(41-60(54)66)65(4)38-18-7-19-39-65/h5,8-15,20-35,40-43H,6-7,16-19,36-39H2,1-4H3. The zero-order chi connectivity index (χ0) is 45.1. The average Bonchev–Trinajstić information content (AvgIpc) is 3.92. The van der Waals surface area contributed by atoms with Crippen molar-refractivity contribution in [2.45, 2.75) is 114 Å². The second-order valence-corrected chi connectivity index (χ2v) is 21.9. The molecule has 330 valence electrons. The molecule has 8 aromatic carbocycles. The van der Waals surface area contributed by atoms with Crippen LogP contribution in [0.15, 0.2) is 176 Å². The fourth-order valence-corrected chi connectivity index (χ4v) is 14.1. The Hall–Kier alpha value is -6.44. The third-order valence-electron chi connectivity index (χ3n) is 17.8. The van der Waals surface area contributed by atoms with Crippen LogP contribution in [0.25, 0.3) is 44.5 Å². The molecule has 5 aliphatic carbocycles. The molecular weight excluding hydrogens is 807 g/mol. The Bertz CT molecular complexity index is 3190. The van der Waals surface area contributed by atoms with Crippen LogP contribution in [0.4, 0.5) is 17.1 Å². The van der Waals surface area contributed by atoms with Crippen LogP contribution < -0.4 is 4.90 Å². The monoisotopic (exact) mass is 867 g/mol. The summed E-state index contributed by atoms with van der Waals surface area (Å²) in [5.74, 6) is 0. The molecule has 13 rings (SSSR count). The Kier molecular flexibility index (Phi) is 9.16. The summed E-state index contributed by atoms with van der Waals surface area (Å²) in [5.41, 5.74) is 25.5. The lowest BCUT2D eigenvalue weighted by molar-refractivity contribution is 0.319. The first-order chi connectivity index (χ1) is 32.7. The molecule has 0 unspecified atom stereocenters. The molecule has 0 aromatic heterocycles. The van der Waals surface area contributed by atoms with Crippen molar-refractivity contribution in [3.63, 3.8) is 0 Å². The van der Waals surface area contributed by atoms with E-state index in [4.69, 9.17) is 0 Å². The minimum Gasteiger partial charge on any atom is -0.310 e. The van der Waals surface area contributed by atoms with Gasteiger partial charge in [-0.25, -0.2) is 0 Å². The zero-order valence-corrected chi connectivity index (χ0v) is 39.8. The van der Waals surface area contributed by atoms with E-state index in [9.17, 15) is 0 Å². The van der Waals surface area contributed by atoms with E-state index in [0.29, 0.717) is 0 Å². The predicted molar refractivity (Wildman–Crippen MR) is 281 cm³/mol. The Balaban J connectivity index is 1.09. The first-order valence-electron chi connectivity index (χ1n) is 25.4. The van der Waals surface area contributed by atoms with E-state index in [1.165, 1.54) is 170 Å². The second kappa shape index (κ2) is 15.0. The summed E-state index contributed by atoms with van der Waals surface area (Å²) >= 11 is 0. The van der Waals surface area contributed by atoms with E-state index in [1.807, 2.05) is 0 Å². The number of anilines is 3. The number of fused-ring (bicyclic) bond motifs is 13. The summed E-state index contributed by atoms with van der Waals surface area (Å²) < 4.78 is 0. The van der Waals surface area contributed by atoms with E-state index >= 15 is 0 Å². The highest BCUT2D eigenvalue weighted by molar-refractivity contribution is 5.98. The van der Waals surface area contributed by atoms with Crippen molar-refractivity contribution in [2.24, 2.45) is 0 Å². The number of hydrogen-bond acceptors (Lipinski definition) is 1. The maximum Gasteiger partial charge on any atom is 0.0726 e. The van der Waals surface area contributed by atoms with E-state index in [1.54, 1.807) is 0 Å². The van der Waals surface area contributed by atoms with Crippen molar-refractivity contribution in [3.05, 3.63) is 220 Å². The molecule has 1 spiro atoms. The van der Waals surface area contributed by atoms with Gasteiger partial charge in [-0.2, -0.15) is 0 Å². The van der Waals surface area contributed by atoms with Gasteiger partial charge in [0.1, 0.15) is 0 Å². The van der Waals surface area contributed by atoms with Crippen molar-refractivity contribution in [1.29, 1.82) is 0 Å². The molecule has 0 radical (unpaired) electrons. The molecule has 2 saturated carbocycles. The summed E-state index contributed by atoms with van der Waals surface area (Å²) in [4.78, 5) is 2.58. The van der Waals surface area contributed by atoms with Gasteiger partial charge < -0.3 is 4.90 Å². The number of benzene rings is 8. The molecule has 0 saturated heterocycles. The Morgan fingerprint density at radius 3 is 1.33 bits per heavy atom. The lowest BCUT2D eigenvalue weighted by atomic mass is 9.66. The fraction of sp³-hybridized carbons (Fsp3) is 0.273. The largest absolute Gasteiger partial charge is 0.310 e. The smallest absolute Gasteiger partial charge is 0.0726 e. The third-order valence-corrected chi connectivity index (χ3v) is 17.8. The van der Waals surface area contributed by atoms with Crippen LogP contribution in [-0.4, -0.2) is 0 Å². The summed E-state index contributed by atoms with van der Waals surface area (Å²) in [6, 6.07) is 68.7. The Morgan fingerprint density at radius 2 is 0.746 bits per heavy atom. The summed E-state index contributed by atoms with van der Waals surface area (Å²) in [7, 11) is 0. The molecule has 0 bridgehead atoms. The van der Waals surface area contributed by atoms with E-state index < -0.39 is 5.41 Å². The van der Waals surface area contributed by atoms with Crippen molar-refractivity contribution < 1.29 is 0 Å². The average molecular weight is 868 g/mol. The second-order valence-electron chi connectivity index (χ2n) is 21.9. The highest BCUT2D eigenvalue weighted by Crippen LogP contribution is 2.65. The van der Waals surface area contributed by atoms with Crippen LogP contribution in [0, 0.1) is 0 Å². The van der Waals surface area contributed by atoms with E-state index in [2.05, 4.69) is 209 Å². The van der Waals surface area contributed by atoms with Crippen molar-refractivity contribution in [1.82, 2.24) is 0 Å². The van der Waals surface area contributed by atoms with Gasteiger partial charge >= 0.3 is 0 Å². The molecule has 0 aliphatic heterocycles. The third kappa shape index (κ3) is 5.92. The van der Waals surface area contributed by atoms with Crippen molar-refractivity contribution in [3.8, 4) is 44.5 Å². The summed E-state index contributed by atoms with van der Waals surface area (Å²) in [6.45, 7) is 9.91. The van der Waals surface area contributed by atoms with Gasteiger partial charge in [-0.1, -0.05) is 212 Å². The normalized spacial score (nSPS) is 18.3. The van der Waals surface area contributed by atoms with Crippen LogP contribution in [0.2, 0.25) is 0 Å². The maximum atomic E-state index is 2.70. The van der Waals surface area contributed by atoms with Crippen LogP contribution in [0.5, 0.6) is 0 Å². The molecule has 0 heterocycles. The predicted octanol–water partition coefficient (Wildman–Crippen LogP) is 17.9. The minimum atomic E-state index is -0.471. The molecule has 8 aromatic rings. The molecule has 1 nitrogen and oxygen atoms in total. The first kappa shape index (κ1) is 40.8. The minimum absolute atomic E-state index is 0.132. The van der Waals surface area contributed by atoms with E-state index in [-0.39, 0.29) is 16.2 Å². The van der Waals surface area contributed by atoms with Crippen LogP contribution in [0.3, 0.4) is 0 Å². The zero-order valence-electron chi connectivity index (χ0n) is 39.8. The molecule has 0 atom stereocenters. The van der Waals surface area contributed by atoms with E-state index in [0.717, 1.165) is 0 Å². The van der Waals surface area contributed by atoms with Gasteiger partial charge in [-0.3, -0.25) is 0 Å². The lowest BCUT2D eigenvalue weighted by Gasteiger charge is -2.37. The number of hydrogen-bond donors (Lipinski definition) is 0. The number of nitrogens with zero attached hydrogens (tertiary/aromatic N) is 1. The fourth-order valence-electron chi connectivity index (χ4n) is 14.1. The molecule has 5 aliphatic rings. The topological polar surface area (TPSA) is 3.24 Å². The van der Waals surface area contributed by atoms with Crippen LogP contribution in [-0.2, 0) is 21.7 Å². The molecule has 1 heteroatoms. The van der Waals surface area contributed by atoms with Gasteiger partial charge in [0.25, 0.3) is 0 Å². The van der Waals surface area contributed by atoms with Gasteiger partial charge in [0.05, 0.1) is 11.1 Å². The van der Waals surface area contributed by atoms with Gasteiger partial charge in [-0.05, 0) is 150 Å². The molecule has 67 heavy (non-hydrogen) atoms. The summed E-state index contributed by atoms with van der Waals surface area (Å²) in [6.07, 6.45) is 12.9. The van der Waals surface area contributed by atoms with Gasteiger partial charge in [0.2, 0.25) is 0 Å². The molecule has 0 N–H and O–H groups in total. The van der Waals surface area contributed by atoms with Crippen molar-refractivity contribution >= 4 is 17.1 Å². The number of rotatable bonds is 6. The van der Waals surface area contributed by atoms with Gasteiger partial charge in [-0.15, -0.1) is 0 Å². The lowest BCUT2D eigenvalue weighted by Crippen LogP contribution is -2.30. The molecule has 0 amide bonds. The Labute approximate surface area is 398 Å². The first-order valence-corrected chi connectivity index (χ1v) is 25.4. The quantitative estimate of drug-likeness (QED) is 0.161. The van der Waals surface area contributed by atoms with Gasteiger partial charge in [0, 0.05) is 22.4 Å². The number of para-hydroxylation sites is 1. The SMILES string of the molecule is CC1(c2ccc3c(c2)C2(c4ccccc4-c4ccc(N(c5ccc6c(c5)C(C)(C)c5ccccc5-6)c5ccccc5-c5ccccc5)cc42)c2cc(C4(C)CCCCC4)ccc2-3)CCCCC1. The highest BCUT2D eigenvalue weighted by Gasteiger charge is 2.53. The van der Waals surface area contributed by atoms with Gasteiger partial charge in [0.15, 0.2) is 0 Å². The molecule has 2 fully saturated rings. The molecular formula is C66H61N. The maximum absolute atomic E-state index is 2.70. The summed E-state index contributed by atoms with van der Waals surface area (Å²) in [5, 5.41) is 0. The Morgan fingerprint density at radius 1 is 0.328 bits per heavy atom. The van der Waals surface area contributed by atoms with Crippen LogP contribution in [0.1, 0.15) is 136 Å².